The average molecular weight is 215 g/mol. The third-order valence-corrected chi connectivity index (χ3v) is 1.86. The zero-order chi connectivity index (χ0) is 10.4. The number of ether oxygens (including phenoxy) is 2. The Morgan fingerprint density at radius 1 is 1.43 bits per heavy atom. The predicted molar refractivity (Wildman–Crippen MR) is 53.0 cm³/mol. The number of benzene rings is 1. The van der Waals surface area contributed by atoms with Crippen LogP contribution in [0.15, 0.2) is 30.3 Å². The Hall–Kier alpha value is -1.06. The summed E-state index contributed by atoms with van der Waals surface area (Å²) in [4.78, 5) is 11.3. The van der Waals surface area contributed by atoms with Gasteiger partial charge in [0, 0.05) is 7.11 Å². The summed E-state index contributed by atoms with van der Waals surface area (Å²) in [6, 6.07) is 8.95. The van der Waals surface area contributed by atoms with E-state index in [1.807, 2.05) is 18.2 Å². The van der Waals surface area contributed by atoms with Crippen molar-refractivity contribution in [3.63, 3.8) is 0 Å². The molecule has 0 heterocycles. The standard InChI is InChI=1S/C10H11ClO3/c1-13-9(10(12)14-7-11)8-5-3-2-4-6-8/h2-6,9H,7H2,1H3/t9-/m0/s1. The molecule has 0 aromatic heterocycles. The number of carbonyl (C=O) groups excluding carboxylic acids is 1. The second-order valence-corrected chi connectivity index (χ2v) is 2.82. The van der Waals surface area contributed by atoms with Gasteiger partial charge in [0.1, 0.15) is 0 Å². The Morgan fingerprint density at radius 3 is 2.57 bits per heavy atom. The Bertz CT molecular complexity index is 287. The van der Waals surface area contributed by atoms with Gasteiger partial charge in [0.05, 0.1) is 0 Å². The zero-order valence-electron chi connectivity index (χ0n) is 7.77. The molecule has 0 aliphatic heterocycles. The van der Waals surface area contributed by atoms with Gasteiger partial charge >= 0.3 is 5.97 Å². The van der Waals surface area contributed by atoms with Crippen molar-refractivity contribution in [1.29, 1.82) is 0 Å². The summed E-state index contributed by atoms with van der Waals surface area (Å²) in [6.07, 6.45) is -0.699. The fraction of sp³-hybridized carbons (Fsp3) is 0.300. The lowest BCUT2D eigenvalue weighted by molar-refractivity contribution is -0.153. The normalized spacial score (nSPS) is 12.1. The van der Waals surface area contributed by atoms with Crippen molar-refractivity contribution in [3.8, 4) is 0 Å². The van der Waals surface area contributed by atoms with Gasteiger partial charge in [0.2, 0.25) is 0 Å². The van der Waals surface area contributed by atoms with Crippen LogP contribution in [0.3, 0.4) is 0 Å². The Balaban J connectivity index is 2.77. The highest BCUT2D eigenvalue weighted by Crippen LogP contribution is 2.17. The van der Waals surface area contributed by atoms with Crippen LogP contribution in [0.1, 0.15) is 11.7 Å². The lowest BCUT2D eigenvalue weighted by Crippen LogP contribution is -2.17. The van der Waals surface area contributed by atoms with Crippen LogP contribution in [0.5, 0.6) is 0 Å². The highest BCUT2D eigenvalue weighted by Gasteiger charge is 2.20. The van der Waals surface area contributed by atoms with Crippen molar-refractivity contribution in [3.05, 3.63) is 35.9 Å². The largest absolute Gasteiger partial charge is 0.447 e. The van der Waals surface area contributed by atoms with Gasteiger partial charge in [-0.15, -0.1) is 0 Å². The van der Waals surface area contributed by atoms with Crippen LogP contribution in [0.25, 0.3) is 0 Å². The molecule has 0 saturated heterocycles. The number of hydrogen-bond donors (Lipinski definition) is 0. The molecule has 1 aromatic carbocycles. The van der Waals surface area contributed by atoms with Gasteiger partial charge in [-0.25, -0.2) is 4.79 Å². The second kappa shape index (κ2) is 5.62. The lowest BCUT2D eigenvalue weighted by Gasteiger charge is -2.13. The molecule has 76 valence electrons. The first kappa shape index (κ1) is 11.0. The smallest absolute Gasteiger partial charge is 0.341 e. The summed E-state index contributed by atoms with van der Waals surface area (Å²) in [6.45, 7) is 0. The predicted octanol–water partition coefficient (Wildman–Crippen LogP) is 2.11. The van der Waals surface area contributed by atoms with Gasteiger partial charge in [-0.3, -0.25) is 0 Å². The molecule has 1 atom stereocenters. The Kier molecular flexibility index (Phi) is 4.43. The molecule has 0 aliphatic carbocycles. The molecule has 0 saturated carbocycles. The quantitative estimate of drug-likeness (QED) is 0.569. The molecule has 3 nitrogen and oxygen atoms in total. The summed E-state index contributed by atoms with van der Waals surface area (Å²) >= 11 is 5.29. The third kappa shape index (κ3) is 2.72. The van der Waals surface area contributed by atoms with Crippen molar-refractivity contribution in [1.82, 2.24) is 0 Å². The molecule has 0 unspecified atom stereocenters. The van der Waals surface area contributed by atoms with E-state index in [-0.39, 0.29) is 6.07 Å². The fourth-order valence-electron chi connectivity index (χ4n) is 1.13. The minimum Gasteiger partial charge on any atom is -0.447 e. The molecule has 0 amide bonds. The molecule has 0 bridgehead atoms. The molecular weight excluding hydrogens is 204 g/mol. The third-order valence-electron chi connectivity index (χ3n) is 1.75. The van der Waals surface area contributed by atoms with E-state index in [1.54, 1.807) is 12.1 Å². The van der Waals surface area contributed by atoms with Crippen LogP contribution >= 0.6 is 11.6 Å². The summed E-state index contributed by atoms with van der Waals surface area (Å²) in [5, 5.41) is 0. The average Bonchev–Trinajstić information content (AvgIpc) is 2.21. The van der Waals surface area contributed by atoms with Crippen LogP contribution in [0, 0.1) is 0 Å². The van der Waals surface area contributed by atoms with E-state index < -0.39 is 12.1 Å². The molecule has 4 heteroatoms. The van der Waals surface area contributed by atoms with Gasteiger partial charge in [0.25, 0.3) is 0 Å². The monoisotopic (exact) mass is 214 g/mol. The van der Waals surface area contributed by atoms with Crippen LogP contribution in [0.4, 0.5) is 0 Å². The molecule has 0 radical (unpaired) electrons. The van der Waals surface area contributed by atoms with Crippen LogP contribution in [-0.4, -0.2) is 19.1 Å². The highest BCUT2D eigenvalue weighted by atomic mass is 35.5. The Morgan fingerprint density at radius 2 is 2.07 bits per heavy atom. The minimum atomic E-state index is -0.699. The summed E-state index contributed by atoms with van der Waals surface area (Å²) in [5.74, 6) is -0.478. The minimum absolute atomic E-state index is 0.161. The Labute approximate surface area is 87.6 Å². The molecule has 0 N–H and O–H groups in total. The topological polar surface area (TPSA) is 35.5 Å². The van der Waals surface area contributed by atoms with Crippen molar-refractivity contribution in [2.75, 3.05) is 13.2 Å². The van der Waals surface area contributed by atoms with E-state index in [9.17, 15) is 4.79 Å². The van der Waals surface area contributed by atoms with Crippen molar-refractivity contribution >= 4 is 17.6 Å². The van der Waals surface area contributed by atoms with Crippen molar-refractivity contribution < 1.29 is 14.3 Å². The number of alkyl halides is 1. The van der Waals surface area contributed by atoms with Gasteiger partial charge in [-0.2, -0.15) is 0 Å². The number of methoxy groups -OCH3 is 1. The first-order valence-electron chi connectivity index (χ1n) is 4.10. The summed E-state index contributed by atoms with van der Waals surface area (Å²) in [5.41, 5.74) is 0.755. The SMILES string of the molecule is CO[C@H](C(=O)OCCl)c1ccccc1. The second-order valence-electron chi connectivity index (χ2n) is 2.60. The number of esters is 1. The number of carbonyl (C=O) groups is 1. The van der Waals surface area contributed by atoms with E-state index in [2.05, 4.69) is 4.74 Å². The molecular formula is C10H11ClO3. The van der Waals surface area contributed by atoms with E-state index >= 15 is 0 Å². The summed E-state index contributed by atoms with van der Waals surface area (Å²) in [7, 11) is 1.45. The maximum atomic E-state index is 11.3. The van der Waals surface area contributed by atoms with Crippen LogP contribution < -0.4 is 0 Å². The van der Waals surface area contributed by atoms with Gasteiger partial charge in [0.15, 0.2) is 12.2 Å². The highest BCUT2D eigenvalue weighted by molar-refractivity contribution is 6.17. The number of halogens is 1. The van der Waals surface area contributed by atoms with Crippen molar-refractivity contribution in [2.24, 2.45) is 0 Å². The molecule has 14 heavy (non-hydrogen) atoms. The molecule has 0 aliphatic rings. The fourth-order valence-corrected chi connectivity index (χ4v) is 1.23. The van der Waals surface area contributed by atoms with E-state index in [0.29, 0.717) is 0 Å². The van der Waals surface area contributed by atoms with Gasteiger partial charge in [-0.05, 0) is 5.56 Å². The van der Waals surface area contributed by atoms with Gasteiger partial charge in [-0.1, -0.05) is 41.9 Å². The van der Waals surface area contributed by atoms with Crippen LogP contribution in [-0.2, 0) is 14.3 Å². The molecule has 0 spiro atoms. The zero-order valence-corrected chi connectivity index (χ0v) is 8.53. The van der Waals surface area contributed by atoms with E-state index in [4.69, 9.17) is 16.3 Å². The number of hydrogen-bond acceptors (Lipinski definition) is 3. The van der Waals surface area contributed by atoms with E-state index in [1.165, 1.54) is 7.11 Å². The maximum absolute atomic E-state index is 11.3. The first-order valence-corrected chi connectivity index (χ1v) is 4.63. The number of rotatable bonds is 4. The first-order chi connectivity index (χ1) is 6.79. The molecule has 1 rings (SSSR count). The van der Waals surface area contributed by atoms with E-state index in [0.717, 1.165) is 5.56 Å². The maximum Gasteiger partial charge on any atom is 0.341 e. The lowest BCUT2D eigenvalue weighted by atomic mass is 10.1. The van der Waals surface area contributed by atoms with Crippen LogP contribution in [0.2, 0.25) is 0 Å². The summed E-state index contributed by atoms with van der Waals surface area (Å²) < 4.78 is 9.67. The van der Waals surface area contributed by atoms with Crippen molar-refractivity contribution in [2.45, 2.75) is 6.10 Å². The van der Waals surface area contributed by atoms with Gasteiger partial charge < -0.3 is 9.47 Å². The molecule has 1 aromatic rings. The molecule has 0 fully saturated rings.